The van der Waals surface area contributed by atoms with E-state index < -0.39 is 11.9 Å². The molecule has 0 fully saturated rings. The van der Waals surface area contributed by atoms with Crippen LogP contribution in [0.4, 0.5) is 9.41 Å². The van der Waals surface area contributed by atoms with Gasteiger partial charge in [0.1, 0.15) is 0 Å². The molecular formula is C2H2F2Li2O4. The molecule has 0 radical (unpaired) electrons. The molecule has 0 unspecified atom stereocenters. The average molecular weight is 142 g/mol. The van der Waals surface area contributed by atoms with Crippen LogP contribution in [0.3, 0.4) is 0 Å². The first-order valence-corrected chi connectivity index (χ1v) is 1.07. The van der Waals surface area contributed by atoms with Gasteiger partial charge in [-0.1, -0.05) is 0 Å². The van der Waals surface area contributed by atoms with Gasteiger partial charge in [-0.15, -0.1) is 0 Å². The van der Waals surface area contributed by atoms with Crippen LogP contribution >= 0.6 is 0 Å². The zero-order valence-corrected chi connectivity index (χ0v) is 5.45. The van der Waals surface area contributed by atoms with E-state index in [2.05, 4.69) is 0 Å². The molecule has 0 aliphatic heterocycles. The normalized spacial score (nSPS) is 4.40. The molecule has 8 heteroatoms. The van der Waals surface area contributed by atoms with E-state index in [0.29, 0.717) is 0 Å². The minimum Gasteiger partial charge on any atom is -0.543 e. The molecule has 0 aliphatic carbocycles. The molecule has 0 amide bonds. The second-order valence-corrected chi connectivity index (χ2v) is 0.575. The standard InChI is InChI=1S/C2H2O4.2FH.2Li/c3-1(4)2(5)6;;;;/h(H,3,4)(H,5,6);2*1H;;/q;;;2*+1/p-2. The predicted octanol–water partition coefficient (Wildman–Crippen LogP) is -9.20. The van der Waals surface area contributed by atoms with E-state index >= 15 is 0 Å². The Balaban J connectivity index is -0.0000000208. The Morgan fingerprint density at radius 1 is 0.800 bits per heavy atom. The van der Waals surface area contributed by atoms with Crippen molar-refractivity contribution in [1.29, 1.82) is 0 Å². The molecule has 0 bridgehead atoms. The van der Waals surface area contributed by atoms with Crippen molar-refractivity contribution in [2.45, 2.75) is 0 Å². The number of carbonyl (C=O) groups is 2. The molecule has 4 nitrogen and oxygen atoms in total. The summed E-state index contributed by atoms with van der Waals surface area (Å²) in [5.74, 6) is -4.37. The first kappa shape index (κ1) is 32.4. The van der Waals surface area contributed by atoms with Crippen molar-refractivity contribution < 1.29 is 66.9 Å². The van der Waals surface area contributed by atoms with Gasteiger partial charge in [-0.2, -0.15) is 0 Å². The molecule has 0 saturated heterocycles. The number of hydrogen-bond donors (Lipinski definition) is 0. The molecule has 0 aliphatic rings. The summed E-state index contributed by atoms with van der Waals surface area (Å²) in [6, 6.07) is 0. The molecule has 0 aromatic rings. The summed E-state index contributed by atoms with van der Waals surface area (Å²) in [6.07, 6.45) is 0. The summed E-state index contributed by atoms with van der Waals surface area (Å²) < 4.78 is 0. The summed E-state index contributed by atoms with van der Waals surface area (Å²) in [5.41, 5.74) is 0. The second-order valence-electron chi connectivity index (χ2n) is 0.575. The van der Waals surface area contributed by atoms with Crippen molar-refractivity contribution >= 4 is 11.9 Å². The maximum atomic E-state index is 8.93. The van der Waals surface area contributed by atoms with Gasteiger partial charge in [0.25, 0.3) is 0 Å². The summed E-state index contributed by atoms with van der Waals surface area (Å²) in [4.78, 5) is 17.9. The van der Waals surface area contributed by atoms with Gasteiger partial charge in [-0.3, -0.25) is 9.41 Å². The van der Waals surface area contributed by atoms with Gasteiger partial charge < -0.3 is 19.8 Å². The molecule has 0 spiro atoms. The van der Waals surface area contributed by atoms with Gasteiger partial charge in [0.2, 0.25) is 0 Å². The zero-order chi connectivity index (χ0) is 5.15. The Kier molecular flexibility index (Phi) is 51.9. The Hall–Kier alpha value is -0.00519. The number of hydrogen-bond acceptors (Lipinski definition) is 4. The Morgan fingerprint density at radius 2 is 0.900 bits per heavy atom. The molecule has 50 valence electrons. The molecule has 0 aromatic carbocycles. The van der Waals surface area contributed by atoms with Crippen molar-refractivity contribution in [3.05, 3.63) is 0 Å². The topological polar surface area (TPSA) is 80.3 Å². The minimum absolute atomic E-state index is 0. The average Bonchev–Trinajstić information content (AvgIpc) is 1.36. The van der Waals surface area contributed by atoms with E-state index in [0.717, 1.165) is 0 Å². The zero-order valence-electron chi connectivity index (χ0n) is 5.45. The molecular weight excluding hydrogens is 140 g/mol. The van der Waals surface area contributed by atoms with Crippen molar-refractivity contribution in [3.63, 3.8) is 0 Å². The van der Waals surface area contributed by atoms with Crippen LogP contribution in [0.2, 0.25) is 0 Å². The van der Waals surface area contributed by atoms with Crippen molar-refractivity contribution in [3.8, 4) is 0 Å². The molecule has 10 heavy (non-hydrogen) atoms. The van der Waals surface area contributed by atoms with Gasteiger partial charge in [0.05, 0.1) is 11.9 Å². The van der Waals surface area contributed by atoms with Crippen LogP contribution in [0.5, 0.6) is 0 Å². The first-order valence-electron chi connectivity index (χ1n) is 1.07. The summed E-state index contributed by atoms with van der Waals surface area (Å²) in [5, 5.41) is 17.9. The molecule has 0 saturated carbocycles. The number of aliphatic carboxylic acids is 2. The quantitative estimate of drug-likeness (QED) is 0.248. The number of carbonyl (C=O) groups excluding carboxylic acids is 2. The third-order valence-corrected chi connectivity index (χ3v) is 0.167. The Bertz CT molecular complexity index is 85.3. The monoisotopic (exact) mass is 142 g/mol. The van der Waals surface area contributed by atoms with E-state index in [1.165, 1.54) is 0 Å². The molecule has 0 N–H and O–H groups in total. The van der Waals surface area contributed by atoms with Gasteiger partial charge in [0.15, 0.2) is 0 Å². The largest absolute Gasteiger partial charge is 1.00 e. The van der Waals surface area contributed by atoms with E-state index in [-0.39, 0.29) is 47.1 Å². The SMILES string of the molecule is F.F.O=C([O-])C(=O)[O-].[Li+].[Li+]. The predicted molar refractivity (Wildman–Crippen MR) is 15.0 cm³/mol. The van der Waals surface area contributed by atoms with Crippen molar-refractivity contribution in [2.24, 2.45) is 0 Å². The van der Waals surface area contributed by atoms with Crippen LogP contribution in [0.25, 0.3) is 0 Å². The van der Waals surface area contributed by atoms with Crippen LogP contribution in [0, 0.1) is 0 Å². The van der Waals surface area contributed by atoms with Crippen LogP contribution < -0.4 is 47.9 Å². The Labute approximate surface area is 79.1 Å². The fraction of sp³-hybridized carbons (Fsp3) is 0. The van der Waals surface area contributed by atoms with Crippen molar-refractivity contribution in [2.75, 3.05) is 0 Å². The van der Waals surface area contributed by atoms with Gasteiger partial charge in [-0.25, -0.2) is 0 Å². The summed E-state index contributed by atoms with van der Waals surface area (Å²) in [6.45, 7) is 0. The van der Waals surface area contributed by atoms with Gasteiger partial charge in [-0.05, 0) is 0 Å². The van der Waals surface area contributed by atoms with Crippen LogP contribution in [0.1, 0.15) is 0 Å². The summed E-state index contributed by atoms with van der Waals surface area (Å²) in [7, 11) is 0. The fourth-order valence-electron chi connectivity index (χ4n) is 0. The van der Waals surface area contributed by atoms with E-state index in [4.69, 9.17) is 19.8 Å². The number of carboxylic acid groups (broad SMARTS) is 2. The van der Waals surface area contributed by atoms with Crippen LogP contribution in [0.15, 0.2) is 0 Å². The molecule has 0 atom stereocenters. The minimum atomic E-state index is -2.19. The van der Waals surface area contributed by atoms with E-state index in [9.17, 15) is 0 Å². The van der Waals surface area contributed by atoms with E-state index in [1.54, 1.807) is 0 Å². The maximum Gasteiger partial charge on any atom is 1.00 e. The number of halogens is 2. The number of carboxylic acids is 2. The summed E-state index contributed by atoms with van der Waals surface area (Å²) >= 11 is 0. The first-order chi connectivity index (χ1) is 2.64. The molecule has 0 heterocycles. The third kappa shape index (κ3) is 24.5. The smallest absolute Gasteiger partial charge is 0.543 e. The van der Waals surface area contributed by atoms with Crippen LogP contribution in [-0.2, 0) is 9.59 Å². The van der Waals surface area contributed by atoms with Gasteiger partial charge >= 0.3 is 37.7 Å². The van der Waals surface area contributed by atoms with E-state index in [1.807, 2.05) is 0 Å². The Morgan fingerprint density at radius 3 is 0.900 bits per heavy atom. The molecule has 0 aromatic heterocycles. The third-order valence-electron chi connectivity index (χ3n) is 0.167. The second kappa shape index (κ2) is 16.0. The maximum absolute atomic E-state index is 8.93. The number of rotatable bonds is 0. The van der Waals surface area contributed by atoms with Gasteiger partial charge in [0, 0.05) is 0 Å². The van der Waals surface area contributed by atoms with Crippen LogP contribution in [-0.4, -0.2) is 11.9 Å². The molecule has 0 rings (SSSR count). The van der Waals surface area contributed by atoms with Crippen molar-refractivity contribution in [1.82, 2.24) is 0 Å². The fourth-order valence-corrected chi connectivity index (χ4v) is 0.